The number of hydrogen-bond donors (Lipinski definition) is 0. The zero-order chi connectivity index (χ0) is 17.8. The Hall–Kier alpha value is -2.80. The van der Waals surface area contributed by atoms with Crippen LogP contribution in [-0.2, 0) is 0 Å². The lowest BCUT2D eigenvalue weighted by Crippen LogP contribution is -2.18. The van der Waals surface area contributed by atoms with Crippen molar-refractivity contribution in [2.75, 3.05) is 6.61 Å². The number of rotatable bonds is 6. The molecule has 1 atom stereocenters. The third kappa shape index (κ3) is 3.66. The fourth-order valence-corrected chi connectivity index (χ4v) is 2.66. The molecule has 0 fully saturated rings. The first-order valence-corrected chi connectivity index (χ1v) is 8.28. The Kier molecular flexibility index (Phi) is 5.04. The largest absolute Gasteiger partial charge is 0.494 e. The van der Waals surface area contributed by atoms with E-state index in [1.807, 2.05) is 6.92 Å². The molecule has 2 heterocycles. The first-order chi connectivity index (χ1) is 12.1. The number of benzene rings is 1. The molecular weight excluding hydrogens is 338 g/mol. The van der Waals surface area contributed by atoms with Gasteiger partial charge < -0.3 is 9.15 Å². The summed E-state index contributed by atoms with van der Waals surface area (Å²) in [5.74, 6) is 0.984. The molecule has 6 nitrogen and oxygen atoms in total. The Labute approximate surface area is 150 Å². The molecule has 0 spiro atoms. The Balaban J connectivity index is 1.85. The number of Topliss-reactive ketones (excluding diaryl/α,β-unsaturated/α-hetero) is 1. The molecule has 0 aliphatic rings. The van der Waals surface area contributed by atoms with Gasteiger partial charge >= 0.3 is 0 Å². The van der Waals surface area contributed by atoms with Gasteiger partial charge in [-0.3, -0.25) is 9.78 Å². The van der Waals surface area contributed by atoms with Gasteiger partial charge in [-0.25, -0.2) is 4.68 Å². The number of ether oxygens (including phenoxy) is 1. The average molecular weight is 355 g/mol. The van der Waals surface area contributed by atoms with Gasteiger partial charge in [0.2, 0.25) is 5.89 Å². The SMILES string of the molecule is CCOc1ccc(C(=O)C(C)n2nc(-c3ccncc3)oc2=S)cc1. The monoisotopic (exact) mass is 355 g/mol. The molecule has 1 aromatic carbocycles. The molecule has 0 saturated heterocycles. The van der Waals surface area contributed by atoms with Crippen molar-refractivity contribution in [1.29, 1.82) is 0 Å². The lowest BCUT2D eigenvalue weighted by molar-refractivity contribution is 0.0925. The first-order valence-electron chi connectivity index (χ1n) is 7.87. The Morgan fingerprint density at radius 3 is 2.56 bits per heavy atom. The zero-order valence-corrected chi connectivity index (χ0v) is 14.7. The summed E-state index contributed by atoms with van der Waals surface area (Å²) in [4.78, 5) is 16.8. The summed E-state index contributed by atoms with van der Waals surface area (Å²) in [5.41, 5.74) is 1.31. The van der Waals surface area contributed by atoms with Crippen molar-refractivity contribution in [2.24, 2.45) is 0 Å². The van der Waals surface area contributed by atoms with Crippen molar-refractivity contribution in [3.63, 3.8) is 0 Å². The molecule has 25 heavy (non-hydrogen) atoms. The van der Waals surface area contributed by atoms with Gasteiger partial charge in [-0.1, -0.05) is 0 Å². The third-order valence-corrected chi connectivity index (χ3v) is 3.96. The van der Waals surface area contributed by atoms with E-state index in [1.54, 1.807) is 55.7 Å². The van der Waals surface area contributed by atoms with E-state index in [0.717, 1.165) is 11.3 Å². The number of aromatic nitrogens is 3. The number of hydrogen-bond acceptors (Lipinski definition) is 6. The van der Waals surface area contributed by atoms with Crippen molar-refractivity contribution in [2.45, 2.75) is 19.9 Å². The van der Waals surface area contributed by atoms with Crippen LogP contribution < -0.4 is 4.74 Å². The molecule has 3 aromatic rings. The molecule has 3 rings (SSSR count). The van der Waals surface area contributed by atoms with Crippen LogP contribution in [0.5, 0.6) is 5.75 Å². The van der Waals surface area contributed by atoms with E-state index in [-0.39, 0.29) is 10.6 Å². The van der Waals surface area contributed by atoms with Crippen LogP contribution in [-0.4, -0.2) is 27.2 Å². The van der Waals surface area contributed by atoms with Gasteiger partial charge in [-0.05, 0) is 62.5 Å². The van der Waals surface area contributed by atoms with Crippen molar-refractivity contribution in [1.82, 2.24) is 14.8 Å². The summed E-state index contributed by atoms with van der Waals surface area (Å²) in [7, 11) is 0. The highest BCUT2D eigenvalue weighted by Crippen LogP contribution is 2.22. The summed E-state index contributed by atoms with van der Waals surface area (Å²) in [6.07, 6.45) is 3.28. The minimum atomic E-state index is -0.579. The van der Waals surface area contributed by atoms with Gasteiger partial charge in [0.1, 0.15) is 11.8 Å². The second-order valence-corrected chi connectivity index (χ2v) is 5.70. The molecule has 7 heteroatoms. The summed E-state index contributed by atoms with van der Waals surface area (Å²) in [5, 5.41) is 4.35. The zero-order valence-electron chi connectivity index (χ0n) is 13.9. The van der Waals surface area contributed by atoms with Crippen LogP contribution in [0.25, 0.3) is 11.5 Å². The Morgan fingerprint density at radius 1 is 1.24 bits per heavy atom. The molecule has 0 bridgehead atoms. The van der Waals surface area contributed by atoms with Crippen LogP contribution in [0.3, 0.4) is 0 Å². The maximum absolute atomic E-state index is 12.7. The topological polar surface area (TPSA) is 70.2 Å². The first kappa shape index (κ1) is 17.0. The highest BCUT2D eigenvalue weighted by molar-refractivity contribution is 7.71. The molecule has 0 radical (unpaired) electrons. The standard InChI is InChI=1S/C18H17N3O3S/c1-3-23-15-6-4-13(5-7-15)16(22)12(2)21-18(25)24-17(20-21)14-8-10-19-11-9-14/h4-12H,3H2,1-2H3. The van der Waals surface area contributed by atoms with E-state index in [4.69, 9.17) is 21.4 Å². The van der Waals surface area contributed by atoms with Crippen molar-refractivity contribution >= 4 is 18.0 Å². The fraction of sp³-hybridized carbons (Fsp3) is 0.222. The molecule has 0 N–H and O–H groups in total. The number of carbonyl (C=O) groups is 1. The Bertz CT molecular complexity index is 917. The lowest BCUT2D eigenvalue weighted by Gasteiger charge is -2.10. The predicted molar refractivity (Wildman–Crippen MR) is 95.2 cm³/mol. The van der Waals surface area contributed by atoms with Gasteiger partial charge in [0, 0.05) is 23.5 Å². The summed E-state index contributed by atoms with van der Waals surface area (Å²) >= 11 is 5.22. The van der Waals surface area contributed by atoms with Gasteiger partial charge in [0.25, 0.3) is 4.84 Å². The van der Waals surface area contributed by atoms with Crippen LogP contribution in [0.2, 0.25) is 0 Å². The van der Waals surface area contributed by atoms with Crippen molar-refractivity contribution in [3.8, 4) is 17.2 Å². The molecule has 128 valence electrons. The van der Waals surface area contributed by atoms with Crippen LogP contribution in [0.15, 0.2) is 53.2 Å². The second kappa shape index (κ2) is 7.40. The molecule has 2 aromatic heterocycles. The van der Waals surface area contributed by atoms with Gasteiger partial charge in [-0.2, -0.15) is 0 Å². The third-order valence-electron chi connectivity index (χ3n) is 3.69. The number of ketones is 1. The minimum Gasteiger partial charge on any atom is -0.494 e. The van der Waals surface area contributed by atoms with E-state index >= 15 is 0 Å². The second-order valence-electron chi connectivity index (χ2n) is 5.35. The van der Waals surface area contributed by atoms with Gasteiger partial charge in [-0.15, -0.1) is 5.10 Å². The highest BCUT2D eigenvalue weighted by Gasteiger charge is 2.21. The van der Waals surface area contributed by atoms with Crippen molar-refractivity contribution in [3.05, 3.63) is 59.2 Å². The minimum absolute atomic E-state index is 0.103. The smallest absolute Gasteiger partial charge is 0.287 e. The summed E-state index contributed by atoms with van der Waals surface area (Å²) in [6.45, 7) is 4.23. The quantitative estimate of drug-likeness (QED) is 0.489. The summed E-state index contributed by atoms with van der Waals surface area (Å²) in [6, 6.07) is 9.97. The van der Waals surface area contributed by atoms with Gasteiger partial charge in [0.15, 0.2) is 5.78 Å². The molecule has 1 unspecified atom stereocenters. The maximum Gasteiger partial charge on any atom is 0.287 e. The molecule has 0 amide bonds. The maximum atomic E-state index is 12.7. The van der Waals surface area contributed by atoms with Gasteiger partial charge in [0.05, 0.1) is 6.61 Å². The van der Waals surface area contributed by atoms with E-state index in [1.165, 1.54) is 4.68 Å². The Morgan fingerprint density at radius 2 is 1.92 bits per heavy atom. The molecule has 0 aliphatic carbocycles. The normalized spacial score (nSPS) is 11.9. The van der Waals surface area contributed by atoms with Crippen LogP contribution in [0, 0.1) is 4.84 Å². The average Bonchev–Trinajstić information content (AvgIpc) is 3.04. The van der Waals surface area contributed by atoms with E-state index in [9.17, 15) is 4.79 Å². The van der Waals surface area contributed by atoms with E-state index in [0.29, 0.717) is 18.1 Å². The van der Waals surface area contributed by atoms with E-state index < -0.39 is 6.04 Å². The molecule has 0 aliphatic heterocycles. The highest BCUT2D eigenvalue weighted by atomic mass is 32.1. The lowest BCUT2D eigenvalue weighted by atomic mass is 10.1. The summed E-state index contributed by atoms with van der Waals surface area (Å²) < 4.78 is 12.3. The number of pyridine rings is 1. The van der Waals surface area contributed by atoms with Crippen LogP contribution in [0.1, 0.15) is 30.2 Å². The predicted octanol–water partition coefficient (Wildman–Crippen LogP) is 4.11. The number of nitrogens with zero attached hydrogens (tertiary/aromatic N) is 3. The molecule has 0 saturated carbocycles. The van der Waals surface area contributed by atoms with Crippen molar-refractivity contribution < 1.29 is 13.9 Å². The fourth-order valence-electron chi connectivity index (χ4n) is 2.38. The number of carbonyl (C=O) groups excluding carboxylic acids is 1. The van der Waals surface area contributed by atoms with Crippen LogP contribution in [0.4, 0.5) is 0 Å². The van der Waals surface area contributed by atoms with Crippen LogP contribution >= 0.6 is 12.2 Å². The van der Waals surface area contributed by atoms with E-state index in [2.05, 4.69) is 10.1 Å². The molecular formula is C18H17N3O3S.